The average Bonchev–Trinajstić information content (AvgIpc) is 2.01. The molecule has 0 aromatic carbocycles. The summed E-state index contributed by atoms with van der Waals surface area (Å²) >= 11 is 0. The highest BCUT2D eigenvalue weighted by molar-refractivity contribution is 5.48. The van der Waals surface area contributed by atoms with Crippen LogP contribution >= 0.6 is 0 Å². The van der Waals surface area contributed by atoms with Gasteiger partial charge in [0.2, 0.25) is 0 Å². The van der Waals surface area contributed by atoms with Gasteiger partial charge in [0.1, 0.15) is 6.29 Å². The molecular weight excluding hydrogens is 148 g/mol. The number of rotatable bonds is 3. The minimum atomic E-state index is 0. The first kappa shape index (κ1) is 22.5. The van der Waals surface area contributed by atoms with E-state index in [-0.39, 0.29) is 14.9 Å². The zero-order valence-electron chi connectivity index (χ0n) is 7.26. The quantitative estimate of drug-likeness (QED) is 0.462. The third-order valence-electron chi connectivity index (χ3n) is 0.805. The third kappa shape index (κ3) is 57.2. The summed E-state index contributed by atoms with van der Waals surface area (Å²) in [6.07, 6.45) is 8.22. The van der Waals surface area contributed by atoms with Gasteiger partial charge in [-0.2, -0.15) is 0 Å². The summed E-state index contributed by atoms with van der Waals surface area (Å²) in [5.41, 5.74) is 0. The van der Waals surface area contributed by atoms with Gasteiger partial charge in [-0.05, 0) is 12.8 Å². The van der Waals surface area contributed by atoms with Crippen LogP contribution in [0.2, 0.25) is 0 Å². The molecule has 12 heavy (non-hydrogen) atoms. The Balaban J connectivity index is -0.0000000483. The van der Waals surface area contributed by atoms with E-state index in [4.69, 9.17) is 0 Å². The van der Waals surface area contributed by atoms with Gasteiger partial charge in [-0.1, -0.05) is 47.8 Å². The number of carbonyl (C=O) groups excluding carboxylic acids is 1. The second kappa shape index (κ2) is 31.5. The molecule has 1 heteroatoms. The number of aldehydes is 1. The molecule has 0 spiro atoms. The van der Waals surface area contributed by atoms with E-state index in [2.05, 4.69) is 26.0 Å². The van der Waals surface area contributed by atoms with Crippen molar-refractivity contribution < 1.29 is 4.79 Å². The summed E-state index contributed by atoms with van der Waals surface area (Å²) in [5.74, 6) is 0. The molecule has 0 radical (unpaired) electrons. The van der Waals surface area contributed by atoms with Gasteiger partial charge in [-0.3, -0.25) is 0 Å². The fourth-order valence-electron chi connectivity index (χ4n) is 0.333. The Morgan fingerprint density at radius 1 is 0.833 bits per heavy atom. The highest BCUT2D eigenvalue weighted by Crippen LogP contribution is 1.81. The Morgan fingerprint density at radius 3 is 1.17 bits per heavy atom. The summed E-state index contributed by atoms with van der Waals surface area (Å²) in [6.45, 7) is 6.10. The Hall–Kier alpha value is -0.590. The second-order valence-corrected chi connectivity index (χ2v) is 1.86. The molecule has 0 fully saturated rings. The number of hydrogen-bond donors (Lipinski definition) is 0. The van der Waals surface area contributed by atoms with Crippen molar-refractivity contribution in [1.29, 1.82) is 0 Å². The van der Waals surface area contributed by atoms with Crippen molar-refractivity contribution in [1.82, 2.24) is 0 Å². The van der Waals surface area contributed by atoms with Crippen LogP contribution in [0.25, 0.3) is 0 Å². The van der Waals surface area contributed by atoms with Crippen LogP contribution in [0.1, 0.15) is 54.9 Å². The van der Waals surface area contributed by atoms with Crippen molar-refractivity contribution in [3.63, 3.8) is 0 Å². The van der Waals surface area contributed by atoms with Gasteiger partial charge in [0, 0.05) is 6.42 Å². The number of carbonyl (C=O) groups is 1. The van der Waals surface area contributed by atoms with E-state index in [1.165, 1.54) is 12.8 Å². The molecule has 0 heterocycles. The SMILES string of the molecule is C.C.CC/C=C/CC.CCC=O. The van der Waals surface area contributed by atoms with Gasteiger partial charge in [-0.15, -0.1) is 0 Å². The minimum absolute atomic E-state index is 0. The third-order valence-corrected chi connectivity index (χ3v) is 0.805. The summed E-state index contributed by atoms with van der Waals surface area (Å²) in [6, 6.07) is 0. The van der Waals surface area contributed by atoms with Gasteiger partial charge in [0.15, 0.2) is 0 Å². The van der Waals surface area contributed by atoms with Crippen LogP contribution in [0, 0.1) is 0 Å². The number of allylic oxidation sites excluding steroid dienone is 2. The van der Waals surface area contributed by atoms with Crippen LogP contribution in [0.3, 0.4) is 0 Å². The van der Waals surface area contributed by atoms with Crippen molar-refractivity contribution >= 4 is 6.29 Å². The van der Waals surface area contributed by atoms with Gasteiger partial charge in [0.25, 0.3) is 0 Å². The van der Waals surface area contributed by atoms with E-state index in [1.807, 2.05) is 6.92 Å². The molecule has 0 saturated heterocycles. The monoisotopic (exact) mass is 174 g/mol. The molecule has 1 nitrogen and oxygen atoms in total. The average molecular weight is 174 g/mol. The first-order chi connectivity index (χ1) is 4.83. The van der Waals surface area contributed by atoms with E-state index in [1.54, 1.807) is 0 Å². The molecule has 0 aliphatic heterocycles. The van der Waals surface area contributed by atoms with E-state index in [0.717, 1.165) is 6.29 Å². The molecule has 0 aliphatic rings. The Morgan fingerprint density at radius 2 is 1.08 bits per heavy atom. The zero-order chi connectivity index (χ0) is 8.24. The van der Waals surface area contributed by atoms with Crippen molar-refractivity contribution in [2.24, 2.45) is 0 Å². The lowest BCUT2D eigenvalue weighted by Gasteiger charge is -1.72. The first-order valence-electron chi connectivity index (χ1n) is 3.92. The van der Waals surface area contributed by atoms with E-state index in [0.29, 0.717) is 6.42 Å². The predicted octanol–water partition coefficient (Wildman–Crippen LogP) is 4.23. The Labute approximate surface area is 78.9 Å². The fourth-order valence-corrected chi connectivity index (χ4v) is 0.333. The van der Waals surface area contributed by atoms with Crippen LogP contribution in [-0.2, 0) is 4.79 Å². The smallest absolute Gasteiger partial charge is 0.119 e. The molecule has 0 N–H and O–H groups in total. The molecule has 0 amide bonds. The zero-order valence-corrected chi connectivity index (χ0v) is 7.26. The number of hydrogen-bond acceptors (Lipinski definition) is 1. The summed E-state index contributed by atoms with van der Waals surface area (Å²) in [4.78, 5) is 9.17. The van der Waals surface area contributed by atoms with E-state index >= 15 is 0 Å². The van der Waals surface area contributed by atoms with Gasteiger partial charge in [0.05, 0.1) is 0 Å². The molecule has 0 aliphatic carbocycles. The molecule has 0 bridgehead atoms. The molecule has 0 aromatic rings. The summed E-state index contributed by atoms with van der Waals surface area (Å²) < 4.78 is 0. The van der Waals surface area contributed by atoms with Crippen molar-refractivity contribution in [3.05, 3.63) is 12.2 Å². The highest BCUT2D eigenvalue weighted by atomic mass is 16.1. The molecule has 0 saturated carbocycles. The van der Waals surface area contributed by atoms with Crippen LogP contribution in [0.5, 0.6) is 0 Å². The van der Waals surface area contributed by atoms with Crippen LogP contribution in [0.4, 0.5) is 0 Å². The standard InChI is InChI=1S/C6H12.C3H6O.2CH4/c1-3-5-6-4-2;1-2-3-4;;/h5-6H,3-4H2,1-2H3;3H,2H2,1H3;2*1H4/b6-5+;;;. The maximum absolute atomic E-state index is 9.17. The summed E-state index contributed by atoms with van der Waals surface area (Å²) in [5, 5.41) is 0. The predicted molar refractivity (Wildman–Crippen MR) is 59.5 cm³/mol. The maximum atomic E-state index is 9.17. The van der Waals surface area contributed by atoms with Crippen LogP contribution in [-0.4, -0.2) is 6.29 Å². The lowest BCUT2D eigenvalue weighted by atomic mass is 10.4. The molecule has 0 unspecified atom stereocenters. The van der Waals surface area contributed by atoms with Crippen molar-refractivity contribution in [3.8, 4) is 0 Å². The van der Waals surface area contributed by atoms with Crippen LogP contribution in [0.15, 0.2) is 12.2 Å². The van der Waals surface area contributed by atoms with E-state index in [9.17, 15) is 4.79 Å². The lowest BCUT2D eigenvalue weighted by molar-refractivity contribution is -0.107. The largest absolute Gasteiger partial charge is 0.303 e. The minimum Gasteiger partial charge on any atom is -0.303 e. The topological polar surface area (TPSA) is 17.1 Å². The van der Waals surface area contributed by atoms with Crippen molar-refractivity contribution in [2.75, 3.05) is 0 Å². The highest BCUT2D eigenvalue weighted by Gasteiger charge is 1.60. The molecule has 0 rings (SSSR count). The van der Waals surface area contributed by atoms with Gasteiger partial charge >= 0.3 is 0 Å². The molecular formula is C11H26O. The second-order valence-electron chi connectivity index (χ2n) is 1.86. The van der Waals surface area contributed by atoms with E-state index < -0.39 is 0 Å². The van der Waals surface area contributed by atoms with Gasteiger partial charge in [-0.25, -0.2) is 0 Å². The molecule has 0 atom stereocenters. The van der Waals surface area contributed by atoms with Gasteiger partial charge < -0.3 is 4.79 Å². The Bertz CT molecular complexity index is 69.1. The first-order valence-corrected chi connectivity index (χ1v) is 3.92. The normalized spacial score (nSPS) is 7.25. The fraction of sp³-hybridized carbons (Fsp3) is 0.727. The van der Waals surface area contributed by atoms with Crippen molar-refractivity contribution in [2.45, 2.75) is 54.9 Å². The maximum Gasteiger partial charge on any atom is 0.119 e. The molecule has 76 valence electrons. The van der Waals surface area contributed by atoms with Crippen LogP contribution < -0.4 is 0 Å². The summed E-state index contributed by atoms with van der Waals surface area (Å²) in [7, 11) is 0. The molecule has 0 aromatic heterocycles. The lowest BCUT2D eigenvalue weighted by Crippen LogP contribution is -1.55. The Kier molecular flexibility index (Phi) is 59.1.